The Morgan fingerprint density at radius 1 is 1.19 bits per heavy atom. The average molecular weight is 346 g/mol. The lowest BCUT2D eigenvalue weighted by atomic mass is 10.0. The number of aromatic nitrogens is 1. The van der Waals surface area contributed by atoms with Crippen LogP contribution in [0.5, 0.6) is 0 Å². The molecule has 2 heterocycles. The molecule has 1 atom stereocenters. The molecule has 2 aromatic carbocycles. The molecule has 4 heteroatoms. The highest BCUT2D eigenvalue weighted by Gasteiger charge is 2.19. The summed E-state index contributed by atoms with van der Waals surface area (Å²) in [4.78, 5) is 17.7. The molecule has 1 aliphatic rings. The van der Waals surface area contributed by atoms with E-state index in [1.165, 1.54) is 0 Å². The number of para-hydroxylation sites is 1. The van der Waals surface area contributed by atoms with Crippen molar-refractivity contribution in [2.45, 2.75) is 25.9 Å². The third-order valence-electron chi connectivity index (χ3n) is 4.90. The molecule has 0 spiro atoms. The smallest absolute Gasteiger partial charge is 0.252 e. The van der Waals surface area contributed by atoms with Crippen LogP contribution >= 0.6 is 0 Å². The van der Waals surface area contributed by atoms with Gasteiger partial charge in [-0.1, -0.05) is 42.5 Å². The Morgan fingerprint density at radius 3 is 2.81 bits per heavy atom. The minimum absolute atomic E-state index is 0.0751. The van der Waals surface area contributed by atoms with E-state index in [0.29, 0.717) is 12.1 Å². The van der Waals surface area contributed by atoms with Gasteiger partial charge in [0.05, 0.1) is 22.9 Å². The van der Waals surface area contributed by atoms with Gasteiger partial charge in [0.2, 0.25) is 0 Å². The number of nitrogens with zero attached hydrogens (tertiary/aromatic N) is 1. The van der Waals surface area contributed by atoms with Crippen molar-refractivity contribution in [2.24, 2.45) is 0 Å². The zero-order valence-electron chi connectivity index (χ0n) is 14.9. The second-order valence-electron chi connectivity index (χ2n) is 6.73. The Bertz CT molecular complexity index is 946. The Hall–Kier alpha value is -2.72. The average Bonchev–Trinajstić information content (AvgIpc) is 3.19. The Balaban J connectivity index is 1.72. The lowest BCUT2D eigenvalue weighted by Gasteiger charge is -2.14. The molecule has 1 amide bonds. The summed E-state index contributed by atoms with van der Waals surface area (Å²) in [6.45, 7) is 3.40. The van der Waals surface area contributed by atoms with E-state index in [9.17, 15) is 4.79 Å². The molecule has 1 saturated heterocycles. The summed E-state index contributed by atoms with van der Waals surface area (Å²) in [5.74, 6) is -0.0751. The van der Waals surface area contributed by atoms with E-state index in [1.807, 2.05) is 48.5 Å². The summed E-state index contributed by atoms with van der Waals surface area (Å²) in [5, 5.41) is 3.90. The van der Waals surface area contributed by atoms with E-state index in [4.69, 9.17) is 9.72 Å². The van der Waals surface area contributed by atoms with Crippen LogP contribution in [0.2, 0.25) is 0 Å². The third kappa shape index (κ3) is 3.33. The lowest BCUT2D eigenvalue weighted by Crippen LogP contribution is -2.32. The first-order chi connectivity index (χ1) is 12.7. The van der Waals surface area contributed by atoms with Gasteiger partial charge in [-0.15, -0.1) is 0 Å². The first-order valence-electron chi connectivity index (χ1n) is 9.08. The van der Waals surface area contributed by atoms with Crippen molar-refractivity contribution >= 4 is 16.8 Å². The zero-order valence-corrected chi connectivity index (χ0v) is 14.9. The van der Waals surface area contributed by atoms with Gasteiger partial charge in [-0.2, -0.15) is 0 Å². The van der Waals surface area contributed by atoms with Crippen molar-refractivity contribution in [3.05, 3.63) is 65.7 Å². The number of carbonyl (C=O) groups excluding carboxylic acids is 1. The number of carbonyl (C=O) groups is 1. The fraction of sp³-hybridized carbons (Fsp3) is 0.273. The predicted octanol–water partition coefficient (Wildman–Crippen LogP) is 4.12. The van der Waals surface area contributed by atoms with Gasteiger partial charge in [0, 0.05) is 24.1 Å². The summed E-state index contributed by atoms with van der Waals surface area (Å²) in [6.07, 6.45) is 2.20. The highest BCUT2D eigenvalue weighted by molar-refractivity contribution is 6.07. The summed E-state index contributed by atoms with van der Waals surface area (Å²) < 4.78 is 5.61. The van der Waals surface area contributed by atoms with Crippen LogP contribution in [0.25, 0.3) is 22.2 Å². The molecule has 1 aromatic heterocycles. The van der Waals surface area contributed by atoms with Gasteiger partial charge in [0.1, 0.15) is 0 Å². The second kappa shape index (κ2) is 7.26. The number of nitrogens with one attached hydrogen (secondary N) is 1. The molecule has 4 nitrogen and oxygen atoms in total. The number of aryl methyl sites for hydroxylation is 1. The van der Waals surface area contributed by atoms with Crippen LogP contribution in [0, 0.1) is 6.92 Å². The topological polar surface area (TPSA) is 51.2 Å². The Labute approximate surface area is 153 Å². The highest BCUT2D eigenvalue weighted by Crippen LogP contribution is 2.27. The molecule has 26 heavy (non-hydrogen) atoms. The van der Waals surface area contributed by atoms with Gasteiger partial charge in [0.25, 0.3) is 5.91 Å². The van der Waals surface area contributed by atoms with Gasteiger partial charge < -0.3 is 10.1 Å². The number of hydrogen-bond acceptors (Lipinski definition) is 3. The lowest BCUT2D eigenvalue weighted by molar-refractivity contribution is 0.0859. The Morgan fingerprint density at radius 2 is 2.00 bits per heavy atom. The van der Waals surface area contributed by atoms with E-state index in [0.717, 1.165) is 47.2 Å². The van der Waals surface area contributed by atoms with Crippen LogP contribution < -0.4 is 5.32 Å². The molecular formula is C22H22N2O2. The van der Waals surface area contributed by atoms with Gasteiger partial charge in [-0.05, 0) is 37.5 Å². The summed E-state index contributed by atoms with van der Waals surface area (Å²) >= 11 is 0. The van der Waals surface area contributed by atoms with Crippen molar-refractivity contribution in [3.63, 3.8) is 0 Å². The number of amides is 1. The second-order valence-corrected chi connectivity index (χ2v) is 6.73. The molecule has 1 aliphatic heterocycles. The van der Waals surface area contributed by atoms with E-state index in [1.54, 1.807) is 0 Å². The van der Waals surface area contributed by atoms with Crippen molar-refractivity contribution < 1.29 is 9.53 Å². The molecule has 1 fully saturated rings. The monoisotopic (exact) mass is 346 g/mol. The third-order valence-corrected chi connectivity index (χ3v) is 4.90. The van der Waals surface area contributed by atoms with Crippen LogP contribution in [-0.2, 0) is 4.74 Å². The molecule has 0 bridgehead atoms. The number of fused-ring (bicyclic) bond motifs is 1. The molecule has 3 aromatic rings. The van der Waals surface area contributed by atoms with Crippen LogP contribution in [0.3, 0.4) is 0 Å². The van der Waals surface area contributed by atoms with Gasteiger partial charge in [0.15, 0.2) is 0 Å². The van der Waals surface area contributed by atoms with Crippen LogP contribution in [0.15, 0.2) is 54.6 Å². The highest BCUT2D eigenvalue weighted by atomic mass is 16.5. The standard InChI is InChI=1S/C22H22N2O2/c1-15-7-2-3-9-17(15)21-13-19(18-10-4-5-11-20(18)24-21)22(25)23-14-16-8-6-12-26-16/h2-5,7,9-11,13,16H,6,8,12,14H2,1H3,(H,23,25). The molecule has 1 N–H and O–H groups in total. The molecule has 4 rings (SSSR count). The van der Waals surface area contributed by atoms with E-state index in [-0.39, 0.29) is 12.0 Å². The van der Waals surface area contributed by atoms with Crippen molar-refractivity contribution in [3.8, 4) is 11.3 Å². The molecule has 132 valence electrons. The predicted molar refractivity (Wildman–Crippen MR) is 103 cm³/mol. The molecular weight excluding hydrogens is 324 g/mol. The first kappa shape index (κ1) is 16.7. The maximum absolute atomic E-state index is 12.9. The minimum Gasteiger partial charge on any atom is -0.376 e. The Kier molecular flexibility index (Phi) is 4.67. The number of rotatable bonds is 4. The first-order valence-corrected chi connectivity index (χ1v) is 9.08. The van der Waals surface area contributed by atoms with Crippen LogP contribution in [0.4, 0.5) is 0 Å². The van der Waals surface area contributed by atoms with E-state index >= 15 is 0 Å². The summed E-state index contributed by atoms with van der Waals surface area (Å²) in [7, 11) is 0. The quantitative estimate of drug-likeness (QED) is 0.773. The van der Waals surface area contributed by atoms with Gasteiger partial charge in [-0.25, -0.2) is 4.98 Å². The number of benzene rings is 2. The van der Waals surface area contributed by atoms with E-state index in [2.05, 4.69) is 18.3 Å². The minimum atomic E-state index is -0.0751. The number of pyridine rings is 1. The number of hydrogen-bond donors (Lipinski definition) is 1. The van der Waals surface area contributed by atoms with Gasteiger partial charge in [-0.3, -0.25) is 4.79 Å². The maximum Gasteiger partial charge on any atom is 0.252 e. The van der Waals surface area contributed by atoms with Crippen LogP contribution in [-0.4, -0.2) is 30.1 Å². The SMILES string of the molecule is Cc1ccccc1-c1cc(C(=O)NCC2CCCO2)c2ccccc2n1. The summed E-state index contributed by atoms with van der Waals surface area (Å²) in [5.41, 5.74) is 4.50. The normalized spacial score (nSPS) is 16.7. The maximum atomic E-state index is 12.9. The van der Waals surface area contributed by atoms with Crippen molar-refractivity contribution in [2.75, 3.05) is 13.2 Å². The van der Waals surface area contributed by atoms with Crippen molar-refractivity contribution in [1.82, 2.24) is 10.3 Å². The number of ether oxygens (including phenoxy) is 1. The largest absolute Gasteiger partial charge is 0.376 e. The summed E-state index contributed by atoms with van der Waals surface area (Å²) in [6, 6.07) is 17.8. The molecule has 0 saturated carbocycles. The molecule has 1 unspecified atom stereocenters. The zero-order chi connectivity index (χ0) is 17.9. The van der Waals surface area contributed by atoms with Crippen molar-refractivity contribution in [1.29, 1.82) is 0 Å². The fourth-order valence-electron chi connectivity index (χ4n) is 3.47. The van der Waals surface area contributed by atoms with Gasteiger partial charge >= 0.3 is 0 Å². The van der Waals surface area contributed by atoms with E-state index < -0.39 is 0 Å². The fourth-order valence-corrected chi connectivity index (χ4v) is 3.47. The molecule has 0 aliphatic carbocycles. The van der Waals surface area contributed by atoms with Crippen LogP contribution in [0.1, 0.15) is 28.8 Å². The molecule has 0 radical (unpaired) electrons.